The molecule has 1 saturated heterocycles. The molecule has 5 aliphatic rings. The van der Waals surface area contributed by atoms with Crippen LogP contribution >= 0.6 is 0 Å². The number of carbonyl (C=O) groups is 6. The molecule has 0 bridgehead atoms. The number of carboxylic acids is 1. The second-order valence-electron chi connectivity index (χ2n) is 16.9. The van der Waals surface area contributed by atoms with E-state index in [2.05, 4.69) is 34.5 Å². The Balaban J connectivity index is 0.000000162. The summed E-state index contributed by atoms with van der Waals surface area (Å²) < 4.78 is 75.2. The molecule has 22 heteroatoms. The molecule has 2 aromatic heterocycles. The van der Waals surface area contributed by atoms with Crippen LogP contribution in [0.15, 0.2) is 85.2 Å². The first kappa shape index (κ1) is 45.2. The Hall–Kier alpha value is -8.56. The number of carbonyl (C=O) groups excluding carboxylic acids is 5. The average molecular weight is 964 g/mol. The summed E-state index contributed by atoms with van der Waals surface area (Å²) in [5.74, 6) is -2.71. The third kappa shape index (κ3) is 8.19. The van der Waals surface area contributed by atoms with Gasteiger partial charge in [-0.15, -0.1) is 17.6 Å². The summed E-state index contributed by atoms with van der Waals surface area (Å²) in [6, 6.07) is 18.0. The minimum absolute atomic E-state index is 0.0291. The fourth-order valence-corrected chi connectivity index (χ4v) is 9.26. The Morgan fingerprint density at radius 2 is 1.21 bits per heavy atom. The SMILES string of the molecule is Cn1ncc(-c2ccc3c(c2)CN(C(C=O)CCC(=O)O)C3=O)c1-c1ccc2c(c1)OC(F)(F)O2.Cn1ncc(-c2ccc3c(c2)CN(C2CCC(=O)NC2=O)C3=O)c1-c1ccc2c(c1)OC(F)(F)O2. The Labute approximate surface area is 392 Å². The van der Waals surface area contributed by atoms with E-state index in [1.807, 2.05) is 12.1 Å². The number of piperidine rings is 1. The van der Waals surface area contributed by atoms with Crippen molar-refractivity contribution in [3.05, 3.63) is 107 Å². The number of nitrogens with one attached hydrogen (secondary N) is 1. The van der Waals surface area contributed by atoms with Gasteiger partial charge in [-0.25, -0.2) is 0 Å². The van der Waals surface area contributed by atoms with Crippen LogP contribution in [0.3, 0.4) is 0 Å². The van der Waals surface area contributed by atoms with Gasteiger partial charge < -0.3 is 38.6 Å². The number of aryl methyl sites for hydroxylation is 2. The van der Waals surface area contributed by atoms with E-state index >= 15 is 0 Å². The molecule has 358 valence electrons. The lowest BCUT2D eigenvalue weighted by Crippen LogP contribution is -2.52. The number of hydrogen-bond donors (Lipinski definition) is 2. The van der Waals surface area contributed by atoms with E-state index in [0.29, 0.717) is 51.1 Å². The topological polar surface area (TPSA) is 214 Å². The molecule has 70 heavy (non-hydrogen) atoms. The Morgan fingerprint density at radius 1 is 0.714 bits per heavy atom. The predicted octanol–water partition coefficient (Wildman–Crippen LogP) is 6.30. The number of benzene rings is 4. The molecule has 6 aromatic rings. The van der Waals surface area contributed by atoms with Crippen LogP contribution in [0.5, 0.6) is 23.0 Å². The standard InChI is InChI=1S/C24H18F2N4O5.C24H19F2N3O6/c1-29-21(13-3-6-18-19(9-13)35-24(25,26)34-18)16(10-27-29)12-2-4-15-14(8-12)11-30(23(15)33)17-5-7-20(31)28-22(17)32;1-28-22(14-3-6-19-20(9-14)35-24(25,26)34-19)18(10-27-28)13-2-5-17-15(8-13)11-29(23(17)33)16(12-30)4-7-21(31)32/h2-4,6,8-10,17H,5,7,11H2,1H3,(H,28,31,32);2-3,5-6,8-10,12,16H,4,7,11H2,1H3,(H,31,32). The van der Waals surface area contributed by atoms with Crippen molar-refractivity contribution in [2.45, 2.75) is 63.4 Å². The van der Waals surface area contributed by atoms with Gasteiger partial charge in [0, 0.05) is 73.4 Å². The van der Waals surface area contributed by atoms with Crippen LogP contribution in [0.1, 0.15) is 57.5 Å². The third-order valence-corrected chi connectivity index (χ3v) is 12.5. The van der Waals surface area contributed by atoms with Crippen molar-refractivity contribution in [1.82, 2.24) is 34.7 Å². The molecule has 18 nitrogen and oxygen atoms in total. The summed E-state index contributed by atoms with van der Waals surface area (Å²) >= 11 is 0. The zero-order valence-electron chi connectivity index (χ0n) is 36.8. The number of amides is 4. The molecule has 2 unspecified atom stereocenters. The highest BCUT2D eigenvalue weighted by atomic mass is 19.3. The highest BCUT2D eigenvalue weighted by molar-refractivity contribution is 6.06. The number of imide groups is 1. The van der Waals surface area contributed by atoms with E-state index in [-0.39, 0.29) is 79.5 Å². The lowest BCUT2D eigenvalue weighted by molar-refractivity contribution is -0.287. The van der Waals surface area contributed by atoms with Crippen molar-refractivity contribution in [2.24, 2.45) is 14.1 Å². The molecule has 5 aliphatic heterocycles. The zero-order valence-corrected chi connectivity index (χ0v) is 36.8. The largest absolute Gasteiger partial charge is 0.586 e. The van der Waals surface area contributed by atoms with Crippen molar-refractivity contribution in [3.63, 3.8) is 0 Å². The van der Waals surface area contributed by atoms with Crippen molar-refractivity contribution in [3.8, 4) is 67.8 Å². The van der Waals surface area contributed by atoms with Gasteiger partial charge in [-0.05, 0) is 95.8 Å². The number of halogens is 4. The molecule has 7 heterocycles. The second kappa shape index (κ2) is 16.9. The van der Waals surface area contributed by atoms with Crippen LogP contribution in [0.25, 0.3) is 44.8 Å². The smallest absolute Gasteiger partial charge is 0.481 e. The van der Waals surface area contributed by atoms with Crippen LogP contribution in [0.4, 0.5) is 17.6 Å². The van der Waals surface area contributed by atoms with E-state index in [9.17, 15) is 46.3 Å². The molecule has 0 aliphatic carbocycles. The molecule has 4 aromatic carbocycles. The normalized spacial score (nSPS) is 18.3. The number of alkyl halides is 4. The minimum Gasteiger partial charge on any atom is -0.481 e. The molecule has 2 N–H and O–H groups in total. The Morgan fingerprint density at radius 3 is 1.73 bits per heavy atom. The van der Waals surface area contributed by atoms with Gasteiger partial charge in [0.2, 0.25) is 11.8 Å². The van der Waals surface area contributed by atoms with Crippen molar-refractivity contribution in [1.29, 1.82) is 0 Å². The molecule has 0 saturated carbocycles. The first-order valence-electron chi connectivity index (χ1n) is 21.6. The lowest BCUT2D eigenvalue weighted by Gasteiger charge is -2.29. The second-order valence-corrected chi connectivity index (χ2v) is 16.9. The fourth-order valence-electron chi connectivity index (χ4n) is 9.26. The zero-order chi connectivity index (χ0) is 49.4. The Kier molecular flexibility index (Phi) is 10.9. The summed E-state index contributed by atoms with van der Waals surface area (Å²) in [6.45, 7) is 0.405. The molecule has 2 atom stereocenters. The molecule has 0 spiro atoms. The number of rotatable bonds is 10. The van der Waals surface area contributed by atoms with Crippen LogP contribution in [0.2, 0.25) is 0 Å². The van der Waals surface area contributed by atoms with Crippen LogP contribution in [-0.2, 0) is 46.4 Å². The molecule has 1 fully saturated rings. The summed E-state index contributed by atoms with van der Waals surface area (Å²) in [6.07, 6.45) is -3.28. The number of ether oxygens (including phenoxy) is 4. The van der Waals surface area contributed by atoms with Gasteiger partial charge in [-0.1, -0.05) is 12.1 Å². The summed E-state index contributed by atoms with van der Waals surface area (Å²) in [5, 5.41) is 19.9. The van der Waals surface area contributed by atoms with Gasteiger partial charge in [0.15, 0.2) is 23.0 Å². The third-order valence-electron chi connectivity index (χ3n) is 12.5. The summed E-state index contributed by atoms with van der Waals surface area (Å²) in [5.41, 5.74) is 7.78. The number of hydrogen-bond acceptors (Lipinski definition) is 12. The average Bonchev–Trinajstić information content (AvgIpc) is 4.16. The van der Waals surface area contributed by atoms with E-state index in [0.717, 1.165) is 22.3 Å². The van der Waals surface area contributed by atoms with Gasteiger partial charge >= 0.3 is 18.6 Å². The minimum atomic E-state index is -3.72. The number of nitrogens with zero attached hydrogens (tertiary/aromatic N) is 6. The summed E-state index contributed by atoms with van der Waals surface area (Å²) in [7, 11) is 3.45. The lowest BCUT2D eigenvalue weighted by atomic mass is 9.98. The maximum atomic E-state index is 13.5. The maximum absolute atomic E-state index is 13.5. The van der Waals surface area contributed by atoms with Gasteiger partial charge in [-0.2, -0.15) is 10.2 Å². The summed E-state index contributed by atoms with van der Waals surface area (Å²) in [4.78, 5) is 74.9. The number of aldehydes is 1. The highest BCUT2D eigenvalue weighted by Gasteiger charge is 2.45. The fraction of sp³-hybridized carbons (Fsp3) is 0.250. The number of aromatic nitrogens is 4. The van der Waals surface area contributed by atoms with Crippen LogP contribution < -0.4 is 24.3 Å². The number of carboxylic acid groups (broad SMARTS) is 1. The number of aliphatic carboxylic acids is 1. The molecule has 11 rings (SSSR count). The van der Waals surface area contributed by atoms with Crippen LogP contribution in [-0.4, -0.2) is 95.0 Å². The van der Waals surface area contributed by atoms with E-state index in [4.69, 9.17) is 5.11 Å². The number of fused-ring (bicyclic) bond motifs is 4. The van der Waals surface area contributed by atoms with E-state index < -0.39 is 36.5 Å². The molecule has 0 radical (unpaired) electrons. The van der Waals surface area contributed by atoms with Gasteiger partial charge in [-0.3, -0.25) is 38.7 Å². The van der Waals surface area contributed by atoms with Gasteiger partial charge in [0.1, 0.15) is 12.3 Å². The molecular weight excluding hydrogens is 927 g/mol. The van der Waals surface area contributed by atoms with Crippen molar-refractivity contribution >= 4 is 35.9 Å². The monoisotopic (exact) mass is 963 g/mol. The molecule has 4 amide bonds. The van der Waals surface area contributed by atoms with Crippen LogP contribution in [0, 0.1) is 0 Å². The van der Waals surface area contributed by atoms with Crippen molar-refractivity contribution in [2.75, 3.05) is 0 Å². The van der Waals surface area contributed by atoms with E-state index in [1.165, 1.54) is 34.1 Å². The highest BCUT2D eigenvalue weighted by Crippen LogP contribution is 2.46. The first-order chi connectivity index (χ1) is 33.4. The Bertz CT molecular complexity index is 3230. The van der Waals surface area contributed by atoms with Gasteiger partial charge in [0.25, 0.3) is 11.8 Å². The predicted molar refractivity (Wildman–Crippen MR) is 233 cm³/mol. The quantitative estimate of drug-likeness (QED) is 0.0878. The first-order valence-corrected chi connectivity index (χ1v) is 21.6. The van der Waals surface area contributed by atoms with E-state index in [1.54, 1.807) is 72.3 Å². The van der Waals surface area contributed by atoms with Gasteiger partial charge in [0.05, 0.1) is 29.8 Å². The van der Waals surface area contributed by atoms with Crippen molar-refractivity contribution < 1.29 is 70.4 Å². The molecular formula is C48H37F4N7O11. The maximum Gasteiger partial charge on any atom is 0.586 e.